The van der Waals surface area contributed by atoms with E-state index < -0.39 is 17.5 Å². The number of fused-ring (bicyclic) bond motifs is 2. The lowest BCUT2D eigenvalue weighted by Gasteiger charge is -2.39. The van der Waals surface area contributed by atoms with Crippen LogP contribution in [0.3, 0.4) is 0 Å². The zero-order valence-corrected chi connectivity index (χ0v) is 18.2. The van der Waals surface area contributed by atoms with Crippen LogP contribution in [0.4, 0.5) is 4.79 Å². The number of benzene rings is 1. The van der Waals surface area contributed by atoms with Gasteiger partial charge < -0.3 is 10.2 Å². The maximum Gasteiger partial charge on any atom is 0.325 e. The Morgan fingerprint density at radius 2 is 1.79 bits per heavy atom. The summed E-state index contributed by atoms with van der Waals surface area (Å²) < 4.78 is 0. The molecule has 29 heavy (non-hydrogen) atoms. The number of hydrogen-bond donors (Lipinski definition) is 1. The number of nitrogens with zero attached hydrogens (tertiary/aromatic N) is 2. The third kappa shape index (κ3) is 3.41. The van der Waals surface area contributed by atoms with Crippen LogP contribution in [-0.2, 0) is 15.1 Å². The Balaban J connectivity index is 1.51. The number of rotatable bonds is 3. The smallest absolute Gasteiger partial charge is 0.325 e. The highest BCUT2D eigenvalue weighted by molar-refractivity contribution is 6.30. The van der Waals surface area contributed by atoms with Gasteiger partial charge in [-0.1, -0.05) is 44.5 Å². The highest BCUT2D eigenvalue weighted by Gasteiger charge is 2.53. The van der Waals surface area contributed by atoms with Crippen molar-refractivity contribution < 1.29 is 14.4 Å². The summed E-state index contributed by atoms with van der Waals surface area (Å²) in [6, 6.07) is 6.45. The molecule has 4 amide bonds. The van der Waals surface area contributed by atoms with Gasteiger partial charge in [-0.05, 0) is 54.7 Å². The lowest BCUT2D eigenvalue weighted by molar-refractivity contribution is -0.139. The summed E-state index contributed by atoms with van der Waals surface area (Å²) in [7, 11) is 0. The minimum atomic E-state index is -1.20. The molecule has 1 N–H and O–H groups in total. The topological polar surface area (TPSA) is 69.7 Å². The van der Waals surface area contributed by atoms with Crippen LogP contribution in [0.2, 0.25) is 5.02 Å². The second kappa shape index (κ2) is 6.46. The van der Waals surface area contributed by atoms with E-state index in [4.69, 9.17) is 11.6 Å². The van der Waals surface area contributed by atoms with Crippen LogP contribution < -0.4 is 5.32 Å². The Kier molecular flexibility index (Phi) is 4.50. The fraction of sp³-hybridized carbons (Fsp3) is 0.591. The fourth-order valence-electron chi connectivity index (χ4n) is 5.80. The number of imide groups is 1. The van der Waals surface area contributed by atoms with Crippen LogP contribution in [0, 0.1) is 10.8 Å². The molecule has 2 bridgehead atoms. The van der Waals surface area contributed by atoms with Crippen molar-refractivity contribution >= 4 is 29.4 Å². The van der Waals surface area contributed by atoms with Gasteiger partial charge in [-0.3, -0.25) is 14.5 Å². The Hall–Kier alpha value is -2.08. The predicted molar refractivity (Wildman–Crippen MR) is 110 cm³/mol. The molecular weight excluding hydrogens is 390 g/mol. The summed E-state index contributed by atoms with van der Waals surface area (Å²) in [6.45, 7) is 8.87. The molecule has 156 valence electrons. The van der Waals surface area contributed by atoms with Crippen molar-refractivity contribution in [3.8, 4) is 0 Å². The normalized spacial score (nSPS) is 33.2. The standard InChI is InChI=1S/C22H28ClN3O3/c1-20(2)9-16-10-21(3,12-20)13-26(16)17(27)11-25-18(28)22(4,24-19(25)29)14-5-7-15(23)8-6-14/h5-8,16H,9-13H2,1-4H3,(H,24,29). The molecule has 2 aliphatic heterocycles. The summed E-state index contributed by atoms with van der Waals surface area (Å²) in [6.07, 6.45) is 3.03. The molecule has 1 saturated carbocycles. The van der Waals surface area contributed by atoms with E-state index in [9.17, 15) is 14.4 Å². The van der Waals surface area contributed by atoms with Gasteiger partial charge in [0.15, 0.2) is 0 Å². The quantitative estimate of drug-likeness (QED) is 0.765. The number of likely N-dealkylation sites (tertiary alicyclic amines) is 1. The van der Waals surface area contributed by atoms with Gasteiger partial charge in [0.25, 0.3) is 5.91 Å². The number of urea groups is 1. The molecule has 2 saturated heterocycles. The molecule has 3 unspecified atom stereocenters. The summed E-state index contributed by atoms with van der Waals surface area (Å²) in [5.74, 6) is -0.563. The van der Waals surface area contributed by atoms with E-state index in [2.05, 4.69) is 26.1 Å². The van der Waals surface area contributed by atoms with Crippen LogP contribution in [0.15, 0.2) is 24.3 Å². The Labute approximate surface area is 176 Å². The minimum absolute atomic E-state index is 0.108. The molecule has 6 nitrogen and oxygen atoms in total. The first-order valence-electron chi connectivity index (χ1n) is 10.1. The van der Waals surface area contributed by atoms with E-state index in [1.807, 2.05) is 4.90 Å². The second-order valence-corrected chi connectivity index (χ2v) is 10.6. The van der Waals surface area contributed by atoms with E-state index in [0.717, 1.165) is 24.2 Å². The monoisotopic (exact) mass is 417 g/mol. The van der Waals surface area contributed by atoms with Crippen molar-refractivity contribution in [2.45, 2.75) is 58.5 Å². The summed E-state index contributed by atoms with van der Waals surface area (Å²) in [5.41, 5.74) is -0.254. The summed E-state index contributed by atoms with van der Waals surface area (Å²) >= 11 is 5.94. The molecular formula is C22H28ClN3O3. The summed E-state index contributed by atoms with van der Waals surface area (Å²) in [4.78, 5) is 41.7. The van der Waals surface area contributed by atoms with Gasteiger partial charge in [0.2, 0.25) is 5.91 Å². The largest absolute Gasteiger partial charge is 0.338 e. The van der Waals surface area contributed by atoms with Crippen LogP contribution in [0.5, 0.6) is 0 Å². The highest BCUT2D eigenvalue weighted by Crippen LogP contribution is 2.52. The lowest BCUT2D eigenvalue weighted by atomic mass is 9.65. The molecule has 2 heterocycles. The maximum absolute atomic E-state index is 13.1. The third-order valence-electron chi connectivity index (χ3n) is 6.73. The zero-order chi connectivity index (χ0) is 21.2. The number of amides is 4. The maximum atomic E-state index is 13.1. The predicted octanol–water partition coefficient (Wildman–Crippen LogP) is 3.53. The van der Waals surface area contributed by atoms with E-state index >= 15 is 0 Å². The second-order valence-electron chi connectivity index (χ2n) is 10.2. The van der Waals surface area contributed by atoms with Gasteiger partial charge in [-0.15, -0.1) is 0 Å². The number of hydrogen-bond acceptors (Lipinski definition) is 3. The molecule has 0 radical (unpaired) electrons. The first-order chi connectivity index (χ1) is 13.4. The molecule has 1 aromatic rings. The Bertz CT molecular complexity index is 884. The molecule has 7 heteroatoms. The van der Waals surface area contributed by atoms with Crippen molar-refractivity contribution in [3.05, 3.63) is 34.9 Å². The molecule has 0 spiro atoms. The van der Waals surface area contributed by atoms with Gasteiger partial charge in [0.1, 0.15) is 12.1 Å². The van der Waals surface area contributed by atoms with Crippen LogP contribution in [0.25, 0.3) is 0 Å². The van der Waals surface area contributed by atoms with E-state index in [0.29, 0.717) is 17.1 Å². The van der Waals surface area contributed by atoms with Crippen molar-refractivity contribution in [1.82, 2.24) is 15.1 Å². The van der Waals surface area contributed by atoms with E-state index in [1.165, 1.54) is 0 Å². The Morgan fingerprint density at radius 3 is 2.45 bits per heavy atom. The van der Waals surface area contributed by atoms with Crippen molar-refractivity contribution in [1.29, 1.82) is 0 Å². The van der Waals surface area contributed by atoms with E-state index in [1.54, 1.807) is 31.2 Å². The van der Waals surface area contributed by atoms with Gasteiger partial charge in [0.05, 0.1) is 0 Å². The Morgan fingerprint density at radius 1 is 1.14 bits per heavy atom. The van der Waals surface area contributed by atoms with Crippen molar-refractivity contribution in [3.63, 3.8) is 0 Å². The first kappa shape index (κ1) is 20.2. The molecule has 4 rings (SSSR count). The zero-order valence-electron chi connectivity index (χ0n) is 17.4. The van der Waals surface area contributed by atoms with Gasteiger partial charge in [-0.25, -0.2) is 4.79 Å². The van der Waals surface area contributed by atoms with Crippen LogP contribution >= 0.6 is 11.6 Å². The van der Waals surface area contributed by atoms with Crippen molar-refractivity contribution in [2.24, 2.45) is 10.8 Å². The molecule has 1 aliphatic carbocycles. The molecule has 1 aromatic carbocycles. The first-order valence-corrected chi connectivity index (χ1v) is 10.5. The fourth-order valence-corrected chi connectivity index (χ4v) is 5.92. The highest BCUT2D eigenvalue weighted by atomic mass is 35.5. The third-order valence-corrected chi connectivity index (χ3v) is 6.98. The SMILES string of the molecule is CC1(C)CC2CC(C)(CN2C(=O)CN2C(=O)NC(C)(c3ccc(Cl)cc3)C2=O)C1. The number of nitrogens with one attached hydrogen (secondary N) is 1. The minimum Gasteiger partial charge on any atom is -0.338 e. The molecule has 3 atom stereocenters. The van der Waals surface area contributed by atoms with Crippen LogP contribution in [0.1, 0.15) is 52.5 Å². The number of carbonyl (C=O) groups excluding carboxylic acids is 3. The van der Waals surface area contributed by atoms with E-state index in [-0.39, 0.29) is 29.3 Å². The number of halogens is 1. The molecule has 3 fully saturated rings. The van der Waals surface area contributed by atoms with Gasteiger partial charge in [-0.2, -0.15) is 0 Å². The lowest BCUT2D eigenvalue weighted by Crippen LogP contribution is -2.46. The molecule has 0 aromatic heterocycles. The van der Waals surface area contributed by atoms with Gasteiger partial charge in [0, 0.05) is 17.6 Å². The van der Waals surface area contributed by atoms with Gasteiger partial charge >= 0.3 is 6.03 Å². The molecule has 3 aliphatic rings. The number of carbonyl (C=O) groups is 3. The average molecular weight is 418 g/mol. The summed E-state index contributed by atoms with van der Waals surface area (Å²) in [5, 5.41) is 3.31. The van der Waals surface area contributed by atoms with Crippen molar-refractivity contribution in [2.75, 3.05) is 13.1 Å². The average Bonchev–Trinajstić information content (AvgIpc) is 2.99. The van der Waals surface area contributed by atoms with Crippen LogP contribution in [-0.4, -0.2) is 46.8 Å².